The van der Waals surface area contributed by atoms with E-state index in [1.807, 2.05) is 31.2 Å². The van der Waals surface area contributed by atoms with Gasteiger partial charge in [0.15, 0.2) is 0 Å². The molecular formula is C20H28N2O2. The van der Waals surface area contributed by atoms with E-state index < -0.39 is 0 Å². The quantitative estimate of drug-likeness (QED) is 0.855. The van der Waals surface area contributed by atoms with Gasteiger partial charge in [0.25, 0.3) is 5.91 Å². The van der Waals surface area contributed by atoms with Crippen molar-refractivity contribution in [3.05, 3.63) is 35.4 Å². The Hall–Kier alpha value is -1.39. The summed E-state index contributed by atoms with van der Waals surface area (Å²) >= 11 is 0. The molecule has 4 rings (SSSR count). The number of amides is 1. The normalized spacial score (nSPS) is 30.5. The predicted molar refractivity (Wildman–Crippen MR) is 94.1 cm³/mol. The first-order valence-electron chi connectivity index (χ1n) is 9.39. The van der Waals surface area contributed by atoms with Gasteiger partial charge in [0.2, 0.25) is 0 Å². The van der Waals surface area contributed by atoms with Crippen molar-refractivity contribution < 1.29 is 9.53 Å². The van der Waals surface area contributed by atoms with Gasteiger partial charge in [0.05, 0.1) is 6.10 Å². The van der Waals surface area contributed by atoms with E-state index in [9.17, 15) is 4.79 Å². The monoisotopic (exact) mass is 328 g/mol. The Kier molecular flexibility index (Phi) is 4.59. The van der Waals surface area contributed by atoms with Gasteiger partial charge in [0.1, 0.15) is 0 Å². The maximum atomic E-state index is 12.8. The van der Waals surface area contributed by atoms with Gasteiger partial charge in [-0.25, -0.2) is 0 Å². The van der Waals surface area contributed by atoms with Crippen LogP contribution in [0.5, 0.6) is 0 Å². The Labute approximate surface area is 144 Å². The number of hydrogen-bond donors (Lipinski definition) is 0. The van der Waals surface area contributed by atoms with E-state index in [2.05, 4.69) is 9.80 Å². The number of piperidine rings is 1. The molecule has 0 bridgehead atoms. The van der Waals surface area contributed by atoms with Crippen LogP contribution in [0.3, 0.4) is 0 Å². The van der Waals surface area contributed by atoms with Crippen LogP contribution in [0, 0.1) is 18.8 Å². The molecule has 3 fully saturated rings. The van der Waals surface area contributed by atoms with E-state index in [0.717, 1.165) is 50.5 Å². The summed E-state index contributed by atoms with van der Waals surface area (Å²) in [7, 11) is 0. The fraction of sp³-hybridized carbons (Fsp3) is 0.650. The van der Waals surface area contributed by atoms with Gasteiger partial charge in [0, 0.05) is 38.3 Å². The SMILES string of the molecule is Cc1cccc(C(=O)N2C[C@H]3CN(CC4CCCO4)CC[C@H]3C2)c1. The molecule has 0 radical (unpaired) electrons. The van der Waals surface area contributed by atoms with Gasteiger partial charge >= 0.3 is 0 Å². The molecular weight excluding hydrogens is 300 g/mol. The first-order valence-corrected chi connectivity index (χ1v) is 9.39. The zero-order chi connectivity index (χ0) is 16.5. The van der Waals surface area contributed by atoms with Crippen molar-refractivity contribution in [1.29, 1.82) is 0 Å². The van der Waals surface area contributed by atoms with Gasteiger partial charge in [-0.1, -0.05) is 17.7 Å². The molecule has 3 heterocycles. The number of fused-ring (bicyclic) bond motifs is 1. The number of carbonyl (C=O) groups excluding carboxylic acids is 1. The van der Waals surface area contributed by atoms with Crippen LogP contribution in [0.2, 0.25) is 0 Å². The van der Waals surface area contributed by atoms with Gasteiger partial charge in [-0.2, -0.15) is 0 Å². The lowest BCUT2D eigenvalue weighted by atomic mass is 9.88. The molecule has 3 atom stereocenters. The molecule has 3 aliphatic heterocycles. The summed E-state index contributed by atoms with van der Waals surface area (Å²) in [5, 5.41) is 0. The molecule has 0 spiro atoms. The van der Waals surface area contributed by atoms with E-state index in [4.69, 9.17) is 4.74 Å². The van der Waals surface area contributed by atoms with Crippen molar-refractivity contribution in [2.45, 2.75) is 32.3 Å². The standard InChI is InChI=1S/C20H28N2O2/c1-15-4-2-5-16(10-15)20(23)22-12-17-7-8-21(11-18(17)13-22)14-19-6-3-9-24-19/h2,4-5,10,17-19H,3,6-9,11-14H2,1H3/t17-,18+,19?/m0/s1. The zero-order valence-electron chi connectivity index (χ0n) is 14.6. The van der Waals surface area contributed by atoms with Crippen LogP contribution < -0.4 is 0 Å². The Morgan fingerprint density at radius 3 is 2.88 bits per heavy atom. The minimum atomic E-state index is 0.207. The maximum absolute atomic E-state index is 12.8. The lowest BCUT2D eigenvalue weighted by molar-refractivity contribution is 0.0506. The number of hydrogen-bond acceptors (Lipinski definition) is 3. The van der Waals surface area contributed by atoms with Crippen molar-refractivity contribution >= 4 is 5.91 Å². The second-order valence-electron chi connectivity index (χ2n) is 7.78. The number of likely N-dealkylation sites (tertiary alicyclic amines) is 2. The van der Waals surface area contributed by atoms with Crippen molar-refractivity contribution in [3.63, 3.8) is 0 Å². The molecule has 1 amide bonds. The van der Waals surface area contributed by atoms with Crippen LogP contribution in [0.4, 0.5) is 0 Å². The van der Waals surface area contributed by atoms with Crippen LogP contribution in [-0.4, -0.2) is 61.1 Å². The summed E-state index contributed by atoms with van der Waals surface area (Å²) < 4.78 is 5.79. The lowest BCUT2D eigenvalue weighted by Crippen LogP contribution is -2.43. The Morgan fingerprint density at radius 2 is 2.08 bits per heavy atom. The molecule has 1 aromatic carbocycles. The Bertz CT molecular complexity index is 597. The molecule has 1 unspecified atom stereocenters. The number of nitrogens with zero attached hydrogens (tertiary/aromatic N) is 2. The number of aryl methyl sites for hydroxylation is 1. The summed E-state index contributed by atoms with van der Waals surface area (Å²) in [6, 6.07) is 7.98. The zero-order valence-corrected chi connectivity index (χ0v) is 14.6. The molecule has 0 aromatic heterocycles. The van der Waals surface area contributed by atoms with Gasteiger partial charge in [-0.05, 0) is 56.7 Å². The van der Waals surface area contributed by atoms with Crippen molar-refractivity contribution in [2.24, 2.45) is 11.8 Å². The summed E-state index contributed by atoms with van der Waals surface area (Å²) in [6.45, 7) is 8.20. The summed E-state index contributed by atoms with van der Waals surface area (Å²) in [4.78, 5) is 17.4. The highest BCUT2D eigenvalue weighted by atomic mass is 16.5. The predicted octanol–water partition coefficient (Wildman–Crippen LogP) is 2.57. The van der Waals surface area contributed by atoms with Crippen molar-refractivity contribution in [2.75, 3.05) is 39.3 Å². The van der Waals surface area contributed by atoms with Crippen LogP contribution in [0.15, 0.2) is 24.3 Å². The first-order chi connectivity index (χ1) is 11.7. The average molecular weight is 328 g/mol. The van der Waals surface area contributed by atoms with Crippen LogP contribution in [0.25, 0.3) is 0 Å². The molecule has 0 N–H and O–H groups in total. The number of ether oxygens (including phenoxy) is 1. The molecule has 24 heavy (non-hydrogen) atoms. The van der Waals surface area contributed by atoms with Crippen LogP contribution in [0.1, 0.15) is 35.2 Å². The first kappa shape index (κ1) is 16.1. The third-order valence-electron chi connectivity index (χ3n) is 5.92. The molecule has 3 saturated heterocycles. The maximum Gasteiger partial charge on any atom is 0.253 e. The summed E-state index contributed by atoms with van der Waals surface area (Å²) in [6.07, 6.45) is 4.08. The highest BCUT2D eigenvalue weighted by Gasteiger charge is 2.39. The molecule has 0 saturated carbocycles. The molecule has 0 aliphatic carbocycles. The highest BCUT2D eigenvalue weighted by molar-refractivity contribution is 5.94. The van der Waals surface area contributed by atoms with Gasteiger partial charge < -0.3 is 14.5 Å². The molecule has 4 nitrogen and oxygen atoms in total. The van der Waals surface area contributed by atoms with Gasteiger partial charge in [-0.3, -0.25) is 4.79 Å². The number of carbonyl (C=O) groups is 1. The van der Waals surface area contributed by atoms with Crippen molar-refractivity contribution in [3.8, 4) is 0 Å². The van der Waals surface area contributed by atoms with E-state index in [1.54, 1.807) is 0 Å². The largest absolute Gasteiger partial charge is 0.377 e. The van der Waals surface area contributed by atoms with E-state index in [0.29, 0.717) is 17.9 Å². The average Bonchev–Trinajstić information content (AvgIpc) is 3.23. The Morgan fingerprint density at radius 1 is 1.21 bits per heavy atom. The smallest absolute Gasteiger partial charge is 0.253 e. The van der Waals surface area contributed by atoms with E-state index in [-0.39, 0.29) is 5.91 Å². The number of rotatable bonds is 3. The highest BCUT2D eigenvalue weighted by Crippen LogP contribution is 2.32. The molecule has 130 valence electrons. The third kappa shape index (κ3) is 3.35. The third-order valence-corrected chi connectivity index (χ3v) is 5.92. The fourth-order valence-corrected chi connectivity index (χ4v) is 4.61. The molecule has 4 heteroatoms. The Balaban J connectivity index is 1.36. The summed E-state index contributed by atoms with van der Waals surface area (Å²) in [5.74, 6) is 1.52. The lowest BCUT2D eigenvalue weighted by Gasteiger charge is -2.35. The van der Waals surface area contributed by atoms with E-state index >= 15 is 0 Å². The van der Waals surface area contributed by atoms with Crippen molar-refractivity contribution in [1.82, 2.24) is 9.80 Å². The second kappa shape index (κ2) is 6.85. The summed E-state index contributed by atoms with van der Waals surface area (Å²) in [5.41, 5.74) is 1.99. The molecule has 3 aliphatic rings. The minimum Gasteiger partial charge on any atom is -0.377 e. The topological polar surface area (TPSA) is 32.8 Å². The fourth-order valence-electron chi connectivity index (χ4n) is 4.61. The molecule has 1 aromatic rings. The van der Waals surface area contributed by atoms with Gasteiger partial charge in [-0.15, -0.1) is 0 Å². The van der Waals surface area contributed by atoms with Crippen LogP contribution >= 0.6 is 0 Å². The number of benzene rings is 1. The van der Waals surface area contributed by atoms with Crippen LogP contribution in [-0.2, 0) is 4.74 Å². The second-order valence-corrected chi connectivity index (χ2v) is 7.78. The van der Waals surface area contributed by atoms with E-state index in [1.165, 1.54) is 19.3 Å². The minimum absolute atomic E-state index is 0.207.